The number of nitrogens with two attached hydrogens (primary N) is 1. The molecule has 1 saturated heterocycles. The monoisotopic (exact) mass is 143 g/mol. The van der Waals surface area contributed by atoms with Crippen LogP contribution in [0.4, 0.5) is 0 Å². The van der Waals surface area contributed by atoms with Crippen molar-refractivity contribution < 1.29 is 4.74 Å². The van der Waals surface area contributed by atoms with Crippen LogP contribution in [0.25, 0.3) is 0 Å². The van der Waals surface area contributed by atoms with Gasteiger partial charge in [0.15, 0.2) is 0 Å². The predicted octanol–water partition coefficient (Wildman–Crippen LogP) is -0.671. The highest BCUT2D eigenvalue weighted by Gasteiger charge is 2.21. The van der Waals surface area contributed by atoms with Crippen LogP contribution in [0.15, 0.2) is 0 Å². The summed E-state index contributed by atoms with van der Waals surface area (Å²) in [6.07, 6.45) is 1.15. The molecule has 0 aromatic heterocycles. The predicted molar refractivity (Wildman–Crippen MR) is 40.0 cm³/mol. The van der Waals surface area contributed by atoms with Crippen molar-refractivity contribution >= 4 is 16.3 Å². The molecule has 0 aliphatic carbocycles. The first-order valence-electron chi connectivity index (χ1n) is 3.57. The fraction of sp³-hybridized carbons (Fsp3) is 1.00. The third-order valence-corrected chi connectivity index (χ3v) is 3.11. The molecule has 1 rings (SSSR count). The molecule has 9 heavy (non-hydrogen) atoms. The van der Waals surface area contributed by atoms with Crippen LogP contribution in [0.3, 0.4) is 0 Å². The Morgan fingerprint density at radius 1 is 1.67 bits per heavy atom. The van der Waals surface area contributed by atoms with Gasteiger partial charge in [0.2, 0.25) is 0 Å². The summed E-state index contributed by atoms with van der Waals surface area (Å²) >= 11 is 1.08. The van der Waals surface area contributed by atoms with Gasteiger partial charge in [-0.1, -0.05) is 6.92 Å². The Morgan fingerprint density at radius 3 is 2.78 bits per heavy atom. The zero-order chi connectivity index (χ0) is 6.85. The molecular weight excluding hydrogens is 129 g/mol. The van der Waals surface area contributed by atoms with E-state index in [-0.39, 0.29) is 0 Å². The molecule has 1 aliphatic rings. The van der Waals surface area contributed by atoms with Crippen molar-refractivity contribution in [2.24, 2.45) is 11.7 Å². The van der Waals surface area contributed by atoms with Gasteiger partial charge in [-0.25, -0.2) is 0 Å². The summed E-state index contributed by atoms with van der Waals surface area (Å²) in [6, 6.07) is 0.320. The molecule has 2 nitrogen and oxygen atoms in total. The van der Waals surface area contributed by atoms with E-state index < -0.39 is 0 Å². The molecule has 1 aliphatic heterocycles. The first kappa shape index (κ1) is 7.56. The van der Waals surface area contributed by atoms with Crippen molar-refractivity contribution in [3.05, 3.63) is 0 Å². The second-order valence-electron chi connectivity index (χ2n) is 3.04. The average molecular weight is 143 g/mol. The lowest BCUT2D eigenvalue weighted by atomic mass is 10.0. The molecule has 3 atom stereocenters. The van der Waals surface area contributed by atoms with Crippen LogP contribution in [0.5, 0.6) is 0 Å². The highest BCUT2D eigenvalue weighted by molar-refractivity contribution is 6.11. The smallest absolute Gasteiger partial charge is 0.261 e. The Hall–Kier alpha value is 0.452. The van der Waals surface area contributed by atoms with E-state index in [1.807, 2.05) is 0 Å². The van der Waals surface area contributed by atoms with Crippen molar-refractivity contribution in [1.29, 1.82) is 0 Å². The summed E-state index contributed by atoms with van der Waals surface area (Å²) < 4.78 is 5.44. The van der Waals surface area contributed by atoms with Gasteiger partial charge in [-0.2, -0.15) is 0 Å². The third kappa shape index (κ3) is 1.94. The summed E-state index contributed by atoms with van der Waals surface area (Å²) in [4.78, 5) is 0.404. The van der Waals surface area contributed by atoms with Crippen molar-refractivity contribution in [1.82, 2.24) is 0 Å². The number of hydrogen-bond acceptors (Lipinski definition) is 2. The molecule has 0 amide bonds. The number of rotatable bonds is 0. The Kier molecular flexibility index (Phi) is 2.54. The first-order valence-corrected chi connectivity index (χ1v) is 4.73. The van der Waals surface area contributed by atoms with Crippen LogP contribution < -0.4 is 5.73 Å². The lowest BCUT2D eigenvalue weighted by molar-refractivity contribution is 0.0211. The molecule has 0 radical (unpaired) electrons. The minimum Gasteiger partial charge on any atom is -0.392 e. The summed E-state index contributed by atoms with van der Waals surface area (Å²) in [5.41, 5.74) is 5.78. The van der Waals surface area contributed by atoms with E-state index in [0.717, 1.165) is 29.3 Å². The van der Waals surface area contributed by atoms with E-state index in [1.54, 1.807) is 0 Å². The highest BCUT2D eigenvalue weighted by atomic mass is 27.0. The van der Waals surface area contributed by atoms with Gasteiger partial charge >= 0.3 is 0 Å². The average Bonchev–Trinajstić information content (AvgIpc) is 1.80. The second kappa shape index (κ2) is 3.03. The maximum Gasteiger partial charge on any atom is 0.261 e. The molecular formula is C6H14AlNO. The second-order valence-corrected chi connectivity index (χ2v) is 4.18. The van der Waals surface area contributed by atoms with Crippen LogP contribution >= 0.6 is 0 Å². The van der Waals surface area contributed by atoms with Crippen molar-refractivity contribution in [2.45, 2.75) is 24.4 Å². The van der Waals surface area contributed by atoms with Crippen molar-refractivity contribution in [2.75, 3.05) is 6.61 Å². The van der Waals surface area contributed by atoms with Crippen LogP contribution in [-0.4, -0.2) is 33.9 Å². The van der Waals surface area contributed by atoms with E-state index in [9.17, 15) is 0 Å². The Balaban J connectivity index is 2.35. The normalized spacial score (nSPS) is 44.9. The molecule has 2 N–H and O–H groups in total. The largest absolute Gasteiger partial charge is 0.392 e. The van der Waals surface area contributed by atoms with Crippen molar-refractivity contribution in [3.8, 4) is 0 Å². The topological polar surface area (TPSA) is 35.2 Å². The molecule has 1 fully saturated rings. The maximum absolute atomic E-state index is 5.78. The Bertz CT molecular complexity index is 99.1. The highest BCUT2D eigenvalue weighted by Crippen LogP contribution is 2.14. The van der Waals surface area contributed by atoms with Crippen LogP contribution in [-0.2, 0) is 4.74 Å². The van der Waals surface area contributed by atoms with E-state index in [0.29, 0.717) is 16.9 Å². The van der Waals surface area contributed by atoms with Gasteiger partial charge in [0.05, 0.1) is 0 Å². The first-order chi connectivity index (χ1) is 4.20. The zero-order valence-corrected chi connectivity index (χ0v) is 8.13. The van der Waals surface area contributed by atoms with Gasteiger partial charge < -0.3 is 10.5 Å². The van der Waals surface area contributed by atoms with Gasteiger partial charge in [0.25, 0.3) is 16.3 Å². The fourth-order valence-corrected chi connectivity index (χ4v) is 1.63. The minimum atomic E-state index is 0.320. The molecule has 0 aromatic rings. The van der Waals surface area contributed by atoms with Gasteiger partial charge in [0.1, 0.15) is 0 Å². The lowest BCUT2D eigenvalue weighted by Gasteiger charge is -2.30. The summed E-state index contributed by atoms with van der Waals surface area (Å²) in [6.45, 7) is 3.11. The van der Waals surface area contributed by atoms with Gasteiger partial charge in [-0.05, 0) is 12.3 Å². The molecule has 0 aromatic carbocycles. The van der Waals surface area contributed by atoms with E-state index >= 15 is 0 Å². The van der Waals surface area contributed by atoms with E-state index in [2.05, 4.69) is 6.92 Å². The molecule has 1 heterocycles. The van der Waals surface area contributed by atoms with Gasteiger partial charge in [0, 0.05) is 17.6 Å². The maximum atomic E-state index is 5.78. The zero-order valence-electron chi connectivity index (χ0n) is 6.13. The quantitative estimate of drug-likeness (QED) is 0.456. The standard InChI is InChI=1S/C6H12NO.Al.2H/c1-5-2-6(7)4-8-3-5;;;/h4-6H,2-3,7H2,1H3;;;/t5-,6+;;;/m1.../s1. The van der Waals surface area contributed by atoms with E-state index in [4.69, 9.17) is 10.5 Å². The molecule has 0 bridgehead atoms. The van der Waals surface area contributed by atoms with Gasteiger partial charge in [-0.3, -0.25) is 0 Å². The summed E-state index contributed by atoms with van der Waals surface area (Å²) in [5.74, 6) is 0.671. The number of ether oxygens (including phenoxy) is 1. The van der Waals surface area contributed by atoms with Crippen LogP contribution in [0.2, 0.25) is 0 Å². The molecule has 52 valence electrons. The fourth-order valence-electron chi connectivity index (χ4n) is 1.16. The van der Waals surface area contributed by atoms with Crippen molar-refractivity contribution in [3.63, 3.8) is 0 Å². The molecule has 0 spiro atoms. The van der Waals surface area contributed by atoms with Gasteiger partial charge in [-0.15, -0.1) is 0 Å². The van der Waals surface area contributed by atoms with Crippen LogP contribution in [0, 0.1) is 5.92 Å². The third-order valence-electron chi connectivity index (χ3n) is 1.92. The summed E-state index contributed by atoms with van der Waals surface area (Å²) in [5, 5.41) is 0. The Morgan fingerprint density at radius 2 is 2.33 bits per heavy atom. The molecule has 0 unspecified atom stereocenters. The summed E-state index contributed by atoms with van der Waals surface area (Å²) in [7, 11) is 0. The Labute approximate surface area is 64.2 Å². The molecule has 0 saturated carbocycles. The SMILES string of the molecule is C[C@H]1CO[C@H]([AlH2])[C@@H](N)C1. The lowest BCUT2D eigenvalue weighted by Crippen LogP contribution is -2.43. The van der Waals surface area contributed by atoms with Crippen LogP contribution in [0.1, 0.15) is 13.3 Å². The minimum absolute atomic E-state index is 0.320. The number of hydrogen-bond donors (Lipinski definition) is 1. The van der Waals surface area contributed by atoms with E-state index in [1.165, 1.54) is 0 Å². The molecule has 3 heteroatoms.